The molecule has 4 heterocycles. The first-order valence-corrected chi connectivity index (χ1v) is 16.6. The van der Waals surface area contributed by atoms with Gasteiger partial charge >= 0.3 is 0 Å². The molecule has 2 aliphatic rings. The van der Waals surface area contributed by atoms with E-state index in [0.717, 1.165) is 65.1 Å². The van der Waals surface area contributed by atoms with Crippen molar-refractivity contribution in [3.8, 4) is 0 Å². The van der Waals surface area contributed by atoms with Crippen LogP contribution in [0, 0.1) is 0 Å². The SMILES string of the molecule is C[Si](C)(C)CCOCn1cc(Br)c2c(NCc3cccc(N4CCNC5(CC5)C4)n3)ncnc21. The summed E-state index contributed by atoms with van der Waals surface area (Å²) in [5.41, 5.74) is 2.19. The number of aromatic nitrogens is 4. The van der Waals surface area contributed by atoms with Crippen molar-refractivity contribution in [2.75, 3.05) is 36.5 Å². The normalized spacial score (nSPS) is 17.5. The minimum Gasteiger partial charge on any atom is -0.364 e. The summed E-state index contributed by atoms with van der Waals surface area (Å²) in [5, 5.41) is 8.11. The summed E-state index contributed by atoms with van der Waals surface area (Å²) in [5.74, 6) is 1.85. The average molecular weight is 545 g/mol. The second-order valence-electron chi connectivity index (χ2n) is 10.7. The van der Waals surface area contributed by atoms with Crippen LogP contribution in [0.1, 0.15) is 18.5 Å². The summed E-state index contributed by atoms with van der Waals surface area (Å²) < 4.78 is 8.94. The number of nitrogens with zero attached hydrogens (tertiary/aromatic N) is 5. The van der Waals surface area contributed by atoms with Crippen molar-refractivity contribution in [1.82, 2.24) is 24.8 Å². The molecular formula is C24H34BrN7OSi. The van der Waals surface area contributed by atoms with Gasteiger partial charge in [0.25, 0.3) is 0 Å². The zero-order valence-corrected chi connectivity index (χ0v) is 22.9. The number of anilines is 2. The fourth-order valence-corrected chi connectivity index (χ4v) is 5.77. The van der Waals surface area contributed by atoms with Crippen LogP contribution in [0.15, 0.2) is 35.2 Å². The zero-order chi connectivity index (χ0) is 23.8. The third kappa shape index (κ3) is 5.45. The van der Waals surface area contributed by atoms with Gasteiger partial charge in [0.05, 0.1) is 17.6 Å². The number of halogens is 1. The number of fused-ring (bicyclic) bond motifs is 1. The van der Waals surface area contributed by atoms with Crippen LogP contribution in [0.2, 0.25) is 25.7 Å². The number of rotatable bonds is 9. The molecule has 1 aliphatic carbocycles. The second kappa shape index (κ2) is 9.56. The molecule has 1 saturated carbocycles. The molecule has 0 aromatic carbocycles. The lowest BCUT2D eigenvalue weighted by Gasteiger charge is -2.35. The van der Waals surface area contributed by atoms with Gasteiger partial charge in [0.1, 0.15) is 30.3 Å². The summed E-state index contributed by atoms with van der Waals surface area (Å²) in [6, 6.07) is 7.43. The maximum atomic E-state index is 5.95. The largest absolute Gasteiger partial charge is 0.364 e. The van der Waals surface area contributed by atoms with Crippen LogP contribution in [0.25, 0.3) is 11.0 Å². The minimum absolute atomic E-state index is 0.332. The molecule has 1 saturated heterocycles. The fourth-order valence-electron chi connectivity index (χ4n) is 4.40. The third-order valence-electron chi connectivity index (χ3n) is 6.62. The maximum Gasteiger partial charge on any atom is 0.148 e. The minimum atomic E-state index is -1.11. The van der Waals surface area contributed by atoms with E-state index in [1.165, 1.54) is 12.8 Å². The highest BCUT2D eigenvalue weighted by Gasteiger charge is 2.45. The second-order valence-corrected chi connectivity index (χ2v) is 17.2. The highest BCUT2D eigenvalue weighted by atomic mass is 79.9. The molecular weight excluding hydrogens is 510 g/mol. The number of piperazine rings is 1. The Hall–Kier alpha value is -2.01. The molecule has 0 bridgehead atoms. The van der Waals surface area contributed by atoms with Gasteiger partial charge in [-0.25, -0.2) is 15.0 Å². The first-order valence-electron chi connectivity index (χ1n) is 12.1. The van der Waals surface area contributed by atoms with E-state index < -0.39 is 8.07 Å². The first kappa shape index (κ1) is 23.7. The topological polar surface area (TPSA) is 80.1 Å². The summed E-state index contributed by atoms with van der Waals surface area (Å²) in [4.78, 5) is 16.4. The van der Waals surface area contributed by atoms with E-state index in [0.29, 0.717) is 18.8 Å². The van der Waals surface area contributed by atoms with Crippen LogP contribution in [0.4, 0.5) is 11.6 Å². The molecule has 182 valence electrons. The molecule has 34 heavy (non-hydrogen) atoms. The van der Waals surface area contributed by atoms with Crippen LogP contribution in [0.5, 0.6) is 0 Å². The van der Waals surface area contributed by atoms with E-state index in [4.69, 9.17) is 9.72 Å². The molecule has 8 nitrogen and oxygen atoms in total. The van der Waals surface area contributed by atoms with Gasteiger partial charge < -0.3 is 24.8 Å². The van der Waals surface area contributed by atoms with E-state index in [-0.39, 0.29) is 0 Å². The monoisotopic (exact) mass is 543 g/mol. The Balaban J connectivity index is 1.26. The number of hydrogen-bond donors (Lipinski definition) is 2. The standard InChI is InChI=1S/C24H34BrN7OSi/c1-34(2,3)12-11-33-17-32-14-19(25)21-22(27-16-28-23(21)32)26-13-18-5-4-6-20(30-18)31-10-9-29-24(15-31)7-8-24/h4-6,14,16,29H,7-13,15,17H2,1-3H3,(H,26,27,28). The summed E-state index contributed by atoms with van der Waals surface area (Å²) in [7, 11) is -1.11. The molecule has 3 aromatic rings. The molecule has 3 aromatic heterocycles. The Labute approximate surface area is 210 Å². The zero-order valence-electron chi connectivity index (χ0n) is 20.3. The average Bonchev–Trinajstić information content (AvgIpc) is 3.47. The fraction of sp³-hybridized carbons (Fsp3) is 0.542. The lowest BCUT2D eigenvalue weighted by Crippen LogP contribution is -2.52. The molecule has 0 unspecified atom stereocenters. The van der Waals surface area contributed by atoms with Gasteiger partial charge in [0.15, 0.2) is 0 Å². The summed E-state index contributed by atoms with van der Waals surface area (Å²) >= 11 is 3.70. The van der Waals surface area contributed by atoms with Gasteiger partial charge in [0.2, 0.25) is 0 Å². The highest BCUT2D eigenvalue weighted by molar-refractivity contribution is 9.10. The number of nitrogens with one attached hydrogen (secondary N) is 2. The van der Waals surface area contributed by atoms with Crippen molar-refractivity contribution >= 4 is 46.7 Å². The van der Waals surface area contributed by atoms with Gasteiger partial charge in [-0.15, -0.1) is 0 Å². The number of pyridine rings is 1. The smallest absolute Gasteiger partial charge is 0.148 e. The Kier molecular flexibility index (Phi) is 6.67. The van der Waals surface area contributed by atoms with E-state index in [1.807, 2.05) is 10.8 Å². The number of ether oxygens (including phenoxy) is 1. The molecule has 2 fully saturated rings. The van der Waals surface area contributed by atoms with Gasteiger partial charge in [0, 0.05) is 50.5 Å². The summed E-state index contributed by atoms with van der Waals surface area (Å²) in [6.07, 6.45) is 6.17. The highest BCUT2D eigenvalue weighted by Crippen LogP contribution is 2.38. The molecule has 2 N–H and O–H groups in total. The van der Waals surface area contributed by atoms with Crippen LogP contribution in [0.3, 0.4) is 0 Å². The predicted octanol–water partition coefficient (Wildman–Crippen LogP) is 4.46. The van der Waals surface area contributed by atoms with Gasteiger partial charge in [-0.2, -0.15) is 0 Å². The lowest BCUT2D eigenvalue weighted by atomic mass is 10.2. The molecule has 0 radical (unpaired) electrons. The molecule has 10 heteroatoms. The molecule has 1 spiro atoms. The van der Waals surface area contributed by atoms with Crippen molar-refractivity contribution in [2.24, 2.45) is 0 Å². The van der Waals surface area contributed by atoms with E-state index in [1.54, 1.807) is 6.33 Å². The van der Waals surface area contributed by atoms with Crippen molar-refractivity contribution in [3.63, 3.8) is 0 Å². The Morgan fingerprint density at radius 1 is 1.24 bits per heavy atom. The van der Waals surface area contributed by atoms with Crippen LogP contribution >= 0.6 is 15.9 Å². The predicted molar refractivity (Wildman–Crippen MR) is 143 cm³/mol. The van der Waals surface area contributed by atoms with Crippen LogP contribution in [-0.4, -0.2) is 59.4 Å². The van der Waals surface area contributed by atoms with Crippen molar-refractivity contribution < 1.29 is 4.74 Å². The van der Waals surface area contributed by atoms with Gasteiger partial charge in [-0.3, -0.25) is 0 Å². The quantitative estimate of drug-likeness (QED) is 0.304. The Morgan fingerprint density at radius 2 is 2.09 bits per heavy atom. The Bertz CT molecular complexity index is 1160. The number of hydrogen-bond acceptors (Lipinski definition) is 7. The third-order valence-corrected chi connectivity index (χ3v) is 8.92. The van der Waals surface area contributed by atoms with Gasteiger partial charge in [-0.1, -0.05) is 25.7 Å². The van der Waals surface area contributed by atoms with E-state index in [2.05, 4.69) is 79.3 Å². The molecule has 5 rings (SSSR count). The van der Waals surface area contributed by atoms with Crippen LogP contribution in [-0.2, 0) is 18.0 Å². The molecule has 1 aliphatic heterocycles. The van der Waals surface area contributed by atoms with Gasteiger partial charge in [-0.05, 0) is 46.9 Å². The van der Waals surface area contributed by atoms with E-state index >= 15 is 0 Å². The summed E-state index contributed by atoms with van der Waals surface area (Å²) in [6.45, 7) is 12.0. The van der Waals surface area contributed by atoms with Crippen molar-refractivity contribution in [2.45, 2.75) is 57.3 Å². The van der Waals surface area contributed by atoms with Crippen LogP contribution < -0.4 is 15.5 Å². The van der Waals surface area contributed by atoms with E-state index in [9.17, 15) is 0 Å². The van der Waals surface area contributed by atoms with Crippen molar-refractivity contribution in [1.29, 1.82) is 0 Å². The molecule has 0 atom stereocenters. The maximum absolute atomic E-state index is 5.95. The Morgan fingerprint density at radius 3 is 2.88 bits per heavy atom. The first-order chi connectivity index (χ1) is 16.3. The lowest BCUT2D eigenvalue weighted by molar-refractivity contribution is 0.0898. The van der Waals surface area contributed by atoms with Crippen molar-refractivity contribution in [3.05, 3.63) is 40.9 Å². The molecule has 0 amide bonds.